The quantitative estimate of drug-likeness (QED) is 0.333. The highest BCUT2D eigenvalue weighted by Crippen LogP contribution is 2.16. The van der Waals surface area contributed by atoms with E-state index in [1.807, 2.05) is 20.9 Å². The second-order valence-corrected chi connectivity index (χ2v) is 8.81. The predicted molar refractivity (Wildman–Crippen MR) is 128 cm³/mol. The molecular formula is C24H42N4O4. The summed E-state index contributed by atoms with van der Waals surface area (Å²) in [5.41, 5.74) is 2.06. The molecule has 182 valence electrons. The lowest BCUT2D eigenvalue weighted by atomic mass is 10.0. The van der Waals surface area contributed by atoms with Crippen LogP contribution < -0.4 is 10.6 Å². The van der Waals surface area contributed by atoms with E-state index in [4.69, 9.17) is 9.72 Å². The van der Waals surface area contributed by atoms with Gasteiger partial charge in [-0.15, -0.1) is 0 Å². The minimum absolute atomic E-state index is 0.240. The summed E-state index contributed by atoms with van der Waals surface area (Å²) in [6.45, 7) is 9.83. The van der Waals surface area contributed by atoms with Gasteiger partial charge in [-0.25, -0.2) is 9.78 Å². The molecular weight excluding hydrogens is 408 g/mol. The van der Waals surface area contributed by atoms with Gasteiger partial charge in [0.2, 0.25) is 5.91 Å². The molecule has 1 aromatic heterocycles. The van der Waals surface area contributed by atoms with Crippen LogP contribution >= 0.6 is 0 Å². The number of pyridine rings is 1. The third kappa shape index (κ3) is 10.4. The molecule has 0 saturated carbocycles. The Labute approximate surface area is 193 Å². The zero-order chi connectivity index (χ0) is 24.1. The van der Waals surface area contributed by atoms with Crippen LogP contribution in [0.25, 0.3) is 0 Å². The minimum Gasteiger partial charge on any atom is -0.480 e. The fraction of sp³-hybridized carbons (Fsp3) is 0.708. The Bertz CT molecular complexity index is 724. The van der Waals surface area contributed by atoms with Crippen molar-refractivity contribution in [3.63, 3.8) is 0 Å². The smallest absolute Gasteiger partial charge is 0.326 e. The fourth-order valence-corrected chi connectivity index (χ4v) is 3.49. The Morgan fingerprint density at radius 1 is 1.22 bits per heavy atom. The van der Waals surface area contributed by atoms with Crippen molar-refractivity contribution in [1.82, 2.24) is 15.2 Å². The summed E-state index contributed by atoms with van der Waals surface area (Å²) >= 11 is 0. The number of anilines is 1. The molecule has 3 N–H and O–H groups in total. The van der Waals surface area contributed by atoms with Crippen molar-refractivity contribution in [3.8, 4) is 0 Å². The van der Waals surface area contributed by atoms with E-state index in [0.717, 1.165) is 56.7 Å². The molecule has 0 aliphatic carbocycles. The fourth-order valence-electron chi connectivity index (χ4n) is 3.49. The van der Waals surface area contributed by atoms with E-state index in [2.05, 4.69) is 34.6 Å². The second kappa shape index (κ2) is 14.1. The van der Waals surface area contributed by atoms with E-state index in [1.54, 1.807) is 7.11 Å². The molecule has 1 aromatic rings. The average molecular weight is 451 g/mol. The number of hydrogen-bond donors (Lipinski definition) is 3. The number of aryl methyl sites for hydroxylation is 2. The summed E-state index contributed by atoms with van der Waals surface area (Å²) in [7, 11) is 3.60. The Morgan fingerprint density at radius 2 is 1.94 bits per heavy atom. The Kier molecular flexibility index (Phi) is 12.2. The van der Waals surface area contributed by atoms with Crippen LogP contribution in [0, 0.1) is 0 Å². The number of rotatable bonds is 16. The van der Waals surface area contributed by atoms with Crippen LogP contribution in [0.3, 0.4) is 0 Å². The molecule has 0 fully saturated rings. The van der Waals surface area contributed by atoms with E-state index >= 15 is 0 Å². The first-order chi connectivity index (χ1) is 15.1. The molecule has 0 spiro atoms. The number of amides is 1. The number of nitrogens with one attached hydrogen (secondary N) is 2. The van der Waals surface area contributed by atoms with Crippen molar-refractivity contribution in [2.24, 2.45) is 0 Å². The molecule has 1 rings (SSSR count). The predicted octanol–water partition coefficient (Wildman–Crippen LogP) is 3.10. The lowest BCUT2D eigenvalue weighted by molar-refractivity contribution is -0.141. The largest absolute Gasteiger partial charge is 0.480 e. The molecule has 1 heterocycles. The van der Waals surface area contributed by atoms with Gasteiger partial charge in [-0.1, -0.05) is 13.0 Å². The van der Waals surface area contributed by atoms with Crippen molar-refractivity contribution in [2.45, 2.75) is 77.9 Å². The molecule has 32 heavy (non-hydrogen) atoms. The third-order valence-electron chi connectivity index (χ3n) is 5.80. The van der Waals surface area contributed by atoms with Crippen LogP contribution in [0.4, 0.5) is 5.82 Å². The maximum atomic E-state index is 11.5. The van der Waals surface area contributed by atoms with E-state index in [1.165, 1.54) is 12.5 Å². The van der Waals surface area contributed by atoms with Crippen molar-refractivity contribution in [2.75, 3.05) is 39.1 Å². The van der Waals surface area contributed by atoms with Gasteiger partial charge in [-0.05, 0) is 70.5 Å². The lowest BCUT2D eigenvalue weighted by Gasteiger charge is -2.29. The van der Waals surface area contributed by atoms with Crippen LogP contribution in [0.1, 0.15) is 64.6 Å². The molecule has 8 heteroatoms. The lowest BCUT2D eigenvalue weighted by Crippen LogP contribution is -2.43. The molecule has 0 aliphatic rings. The molecule has 0 bridgehead atoms. The van der Waals surface area contributed by atoms with Crippen LogP contribution in [-0.4, -0.2) is 72.3 Å². The number of aliphatic carboxylic acids is 1. The number of carboxylic acids is 1. The van der Waals surface area contributed by atoms with Crippen molar-refractivity contribution < 1.29 is 19.4 Å². The number of ether oxygens (including phenoxy) is 1. The van der Waals surface area contributed by atoms with Gasteiger partial charge in [0.05, 0.1) is 5.60 Å². The van der Waals surface area contributed by atoms with Crippen molar-refractivity contribution >= 4 is 17.7 Å². The average Bonchev–Trinajstić information content (AvgIpc) is 2.76. The van der Waals surface area contributed by atoms with Gasteiger partial charge >= 0.3 is 5.97 Å². The van der Waals surface area contributed by atoms with Crippen LogP contribution in [-0.2, 0) is 27.2 Å². The van der Waals surface area contributed by atoms with Crippen LogP contribution in [0.15, 0.2) is 12.1 Å². The summed E-state index contributed by atoms with van der Waals surface area (Å²) < 4.78 is 5.54. The molecule has 0 saturated heterocycles. The Balaban J connectivity index is 2.64. The minimum atomic E-state index is -1.00. The number of methoxy groups -OCH3 is 1. The number of nitrogens with zero attached hydrogens (tertiary/aromatic N) is 2. The highest BCUT2D eigenvalue weighted by atomic mass is 16.5. The molecule has 1 atom stereocenters. The molecule has 8 nitrogen and oxygen atoms in total. The first-order valence-corrected chi connectivity index (χ1v) is 11.6. The van der Waals surface area contributed by atoms with Crippen molar-refractivity contribution in [1.29, 1.82) is 0 Å². The Morgan fingerprint density at radius 3 is 2.50 bits per heavy atom. The number of hydrogen-bond acceptors (Lipinski definition) is 6. The van der Waals surface area contributed by atoms with E-state index in [9.17, 15) is 14.7 Å². The molecule has 1 amide bonds. The number of aromatic nitrogens is 1. The molecule has 0 aromatic carbocycles. The monoisotopic (exact) mass is 450 g/mol. The van der Waals surface area contributed by atoms with Gasteiger partial charge in [0.1, 0.15) is 11.9 Å². The zero-order valence-corrected chi connectivity index (χ0v) is 20.7. The van der Waals surface area contributed by atoms with Gasteiger partial charge in [0.15, 0.2) is 0 Å². The summed E-state index contributed by atoms with van der Waals surface area (Å²) in [6.07, 6.45) is 5.05. The SMILES string of the molecule is CCc1ccc(CCCCN(CCC(NC(C)=O)C(=O)O)CCC(C)(C)OC)nc1NC. The summed E-state index contributed by atoms with van der Waals surface area (Å²) in [6, 6.07) is 3.37. The van der Waals surface area contributed by atoms with Gasteiger partial charge in [-0.2, -0.15) is 0 Å². The first kappa shape index (κ1) is 27.8. The molecule has 1 unspecified atom stereocenters. The maximum absolute atomic E-state index is 11.5. The molecule has 0 aliphatic heterocycles. The summed E-state index contributed by atoms with van der Waals surface area (Å²) in [4.78, 5) is 29.8. The summed E-state index contributed by atoms with van der Waals surface area (Å²) in [5, 5.41) is 15.1. The summed E-state index contributed by atoms with van der Waals surface area (Å²) in [5.74, 6) is -0.377. The third-order valence-corrected chi connectivity index (χ3v) is 5.80. The van der Waals surface area contributed by atoms with Crippen LogP contribution in [0.2, 0.25) is 0 Å². The second-order valence-electron chi connectivity index (χ2n) is 8.81. The highest BCUT2D eigenvalue weighted by molar-refractivity contribution is 5.82. The van der Waals surface area contributed by atoms with Gasteiger partial charge in [-0.3, -0.25) is 4.79 Å². The van der Waals surface area contributed by atoms with Gasteiger partial charge in [0, 0.05) is 39.9 Å². The van der Waals surface area contributed by atoms with E-state index in [0.29, 0.717) is 13.0 Å². The maximum Gasteiger partial charge on any atom is 0.326 e. The van der Waals surface area contributed by atoms with Crippen molar-refractivity contribution in [3.05, 3.63) is 23.4 Å². The topological polar surface area (TPSA) is 104 Å². The Hall–Kier alpha value is -2.19. The zero-order valence-electron chi connectivity index (χ0n) is 20.7. The normalized spacial score (nSPS) is 12.6. The first-order valence-electron chi connectivity index (χ1n) is 11.6. The number of carbonyl (C=O) groups is 2. The number of carboxylic acid groups (broad SMARTS) is 1. The van der Waals surface area contributed by atoms with E-state index in [-0.39, 0.29) is 11.5 Å². The van der Waals surface area contributed by atoms with E-state index < -0.39 is 12.0 Å². The highest BCUT2D eigenvalue weighted by Gasteiger charge is 2.22. The molecule has 0 radical (unpaired) electrons. The van der Waals surface area contributed by atoms with Crippen LogP contribution in [0.5, 0.6) is 0 Å². The number of unbranched alkanes of at least 4 members (excludes halogenated alkanes) is 1. The standard InChI is InChI=1S/C24H42N4O4/c1-7-19-11-12-20(27-22(19)25-5)10-8-9-15-28(17-14-24(3,4)32-6)16-13-21(23(30)31)26-18(2)29/h11-12,21H,7-10,13-17H2,1-6H3,(H,25,27)(H,26,29)(H,30,31). The van der Waals surface area contributed by atoms with Gasteiger partial charge in [0.25, 0.3) is 0 Å². The number of carbonyl (C=O) groups excluding carboxylic acids is 1. The van der Waals surface area contributed by atoms with Gasteiger partial charge < -0.3 is 25.4 Å².